The molecule has 0 unspecified atom stereocenters. The summed E-state index contributed by atoms with van der Waals surface area (Å²) in [6, 6.07) is 0. The van der Waals surface area contributed by atoms with E-state index in [0.717, 1.165) is 37.2 Å². The molecule has 0 aromatic carbocycles. The molecule has 61 valence electrons. The molecular weight excluding hydrogens is 136 g/mol. The Hall–Kier alpha value is -0.790. The maximum absolute atomic E-state index is 4.38. The largest absolute Gasteiger partial charge is 0.240 e. The monoisotopic (exact) mass is 151 g/mol. The zero-order chi connectivity index (χ0) is 8.10. The van der Waals surface area contributed by atoms with Gasteiger partial charge in [-0.1, -0.05) is 20.3 Å². The Labute approximate surface area is 68.4 Å². The zero-order valence-electron chi connectivity index (χ0n) is 7.30. The number of rotatable bonds is 4. The van der Waals surface area contributed by atoms with Gasteiger partial charge < -0.3 is 0 Å². The van der Waals surface area contributed by atoms with E-state index in [2.05, 4.69) is 24.2 Å². The standard InChI is InChI=1S/C9H15N2/c1-3-5-8-7-10-9(11-8)6-4-2/h7H,3-6H2,1-2H3. The van der Waals surface area contributed by atoms with Gasteiger partial charge in [0.15, 0.2) is 0 Å². The maximum Gasteiger partial charge on any atom is 0.128 e. The molecule has 1 rings (SSSR count). The summed E-state index contributed by atoms with van der Waals surface area (Å²) in [7, 11) is 0. The lowest BCUT2D eigenvalue weighted by molar-refractivity contribution is 0.894. The van der Waals surface area contributed by atoms with E-state index >= 15 is 0 Å². The van der Waals surface area contributed by atoms with Crippen molar-refractivity contribution in [2.75, 3.05) is 0 Å². The molecular formula is C9H15N2. The Balaban J connectivity index is 2.36. The minimum atomic E-state index is 1.01. The summed E-state index contributed by atoms with van der Waals surface area (Å²) in [4.78, 5) is 4.38. The predicted molar refractivity (Wildman–Crippen MR) is 47.5 cm³/mol. The van der Waals surface area contributed by atoms with Gasteiger partial charge in [0, 0.05) is 6.42 Å². The van der Waals surface area contributed by atoms with Crippen LogP contribution in [0.3, 0.4) is 0 Å². The molecule has 0 atom stereocenters. The molecule has 0 fully saturated rings. The van der Waals surface area contributed by atoms with Gasteiger partial charge in [-0.25, -0.2) is 10.3 Å². The van der Waals surface area contributed by atoms with Gasteiger partial charge in [0.1, 0.15) is 5.84 Å². The first-order chi connectivity index (χ1) is 5.36. The summed E-state index contributed by atoms with van der Waals surface area (Å²) in [5.41, 5.74) is 1.15. The highest BCUT2D eigenvalue weighted by Gasteiger charge is 2.06. The highest BCUT2D eigenvalue weighted by atomic mass is 15.0. The molecule has 0 aromatic heterocycles. The molecule has 0 saturated heterocycles. The minimum absolute atomic E-state index is 1.01. The second kappa shape index (κ2) is 4.16. The molecule has 2 heteroatoms. The van der Waals surface area contributed by atoms with Crippen LogP contribution < -0.4 is 5.32 Å². The molecule has 0 aromatic rings. The summed E-state index contributed by atoms with van der Waals surface area (Å²) in [5, 5.41) is 4.21. The van der Waals surface area contributed by atoms with Gasteiger partial charge in [0.25, 0.3) is 0 Å². The average molecular weight is 151 g/mol. The third-order valence-corrected chi connectivity index (χ3v) is 1.62. The normalized spacial score (nSPS) is 15.8. The first-order valence-corrected chi connectivity index (χ1v) is 4.34. The van der Waals surface area contributed by atoms with E-state index in [4.69, 9.17) is 0 Å². The Morgan fingerprint density at radius 2 is 1.91 bits per heavy atom. The van der Waals surface area contributed by atoms with Crippen LogP contribution in [0.1, 0.15) is 39.5 Å². The third kappa shape index (κ3) is 2.37. The van der Waals surface area contributed by atoms with Crippen molar-refractivity contribution < 1.29 is 0 Å². The lowest BCUT2D eigenvalue weighted by Crippen LogP contribution is -2.04. The Bertz CT molecular complexity index is 180. The first kappa shape index (κ1) is 8.31. The average Bonchev–Trinajstić information content (AvgIpc) is 2.38. The summed E-state index contributed by atoms with van der Waals surface area (Å²) in [6.07, 6.45) is 6.27. The van der Waals surface area contributed by atoms with Crippen molar-refractivity contribution in [1.29, 1.82) is 0 Å². The van der Waals surface area contributed by atoms with Gasteiger partial charge in [-0.2, -0.15) is 0 Å². The van der Waals surface area contributed by atoms with Gasteiger partial charge in [0.05, 0.1) is 11.9 Å². The highest BCUT2D eigenvalue weighted by molar-refractivity contribution is 5.85. The van der Waals surface area contributed by atoms with Crippen molar-refractivity contribution >= 4 is 5.84 Å². The molecule has 0 saturated carbocycles. The van der Waals surface area contributed by atoms with Crippen LogP contribution in [-0.4, -0.2) is 5.84 Å². The van der Waals surface area contributed by atoms with Crippen molar-refractivity contribution in [3.63, 3.8) is 0 Å². The van der Waals surface area contributed by atoms with Crippen LogP contribution in [-0.2, 0) is 0 Å². The highest BCUT2D eigenvalue weighted by Crippen LogP contribution is 2.12. The lowest BCUT2D eigenvalue weighted by atomic mass is 10.3. The van der Waals surface area contributed by atoms with Crippen LogP contribution >= 0.6 is 0 Å². The van der Waals surface area contributed by atoms with Crippen LogP contribution in [0.5, 0.6) is 0 Å². The van der Waals surface area contributed by atoms with E-state index in [0.29, 0.717) is 0 Å². The number of hydrogen-bond donors (Lipinski definition) is 0. The van der Waals surface area contributed by atoms with Crippen LogP contribution in [0.4, 0.5) is 0 Å². The molecule has 1 heterocycles. The smallest absolute Gasteiger partial charge is 0.128 e. The van der Waals surface area contributed by atoms with Crippen LogP contribution in [0.15, 0.2) is 16.9 Å². The fraction of sp³-hybridized carbons (Fsp3) is 0.667. The zero-order valence-corrected chi connectivity index (χ0v) is 7.30. The van der Waals surface area contributed by atoms with E-state index in [9.17, 15) is 0 Å². The molecule has 11 heavy (non-hydrogen) atoms. The third-order valence-electron chi connectivity index (χ3n) is 1.62. The Morgan fingerprint density at radius 3 is 2.55 bits per heavy atom. The van der Waals surface area contributed by atoms with Gasteiger partial charge in [-0.05, 0) is 12.8 Å². The molecule has 0 aliphatic carbocycles. The van der Waals surface area contributed by atoms with E-state index in [1.54, 1.807) is 0 Å². The molecule has 1 aliphatic heterocycles. The van der Waals surface area contributed by atoms with Gasteiger partial charge in [-0.15, -0.1) is 0 Å². The van der Waals surface area contributed by atoms with Crippen LogP contribution in [0.2, 0.25) is 0 Å². The van der Waals surface area contributed by atoms with Crippen molar-refractivity contribution in [3.05, 3.63) is 11.9 Å². The second-order valence-electron chi connectivity index (χ2n) is 2.78. The maximum atomic E-state index is 4.38. The summed E-state index contributed by atoms with van der Waals surface area (Å²) in [5.74, 6) is 1.01. The van der Waals surface area contributed by atoms with E-state index in [1.165, 1.54) is 0 Å². The SMILES string of the molecule is CCCC1=C[N]C(CCC)=N1. The van der Waals surface area contributed by atoms with Crippen LogP contribution in [0.25, 0.3) is 0 Å². The first-order valence-electron chi connectivity index (χ1n) is 4.34. The summed E-state index contributed by atoms with van der Waals surface area (Å²) >= 11 is 0. The van der Waals surface area contributed by atoms with E-state index < -0.39 is 0 Å². The molecule has 2 nitrogen and oxygen atoms in total. The number of hydrogen-bond acceptors (Lipinski definition) is 1. The van der Waals surface area contributed by atoms with Crippen LogP contribution in [0, 0.1) is 0 Å². The van der Waals surface area contributed by atoms with Crippen molar-refractivity contribution in [2.24, 2.45) is 4.99 Å². The summed E-state index contributed by atoms with van der Waals surface area (Å²) < 4.78 is 0. The minimum Gasteiger partial charge on any atom is -0.240 e. The molecule has 0 spiro atoms. The fourth-order valence-corrected chi connectivity index (χ4v) is 1.09. The quantitative estimate of drug-likeness (QED) is 0.590. The topological polar surface area (TPSA) is 26.5 Å². The predicted octanol–water partition coefficient (Wildman–Crippen LogP) is 2.44. The van der Waals surface area contributed by atoms with Gasteiger partial charge in [-0.3, -0.25) is 0 Å². The molecule has 1 aliphatic rings. The van der Waals surface area contributed by atoms with E-state index in [1.807, 2.05) is 6.20 Å². The van der Waals surface area contributed by atoms with Gasteiger partial charge in [0.2, 0.25) is 0 Å². The Kier molecular flexibility index (Phi) is 3.14. The number of nitrogens with zero attached hydrogens (tertiary/aromatic N) is 2. The Morgan fingerprint density at radius 1 is 1.18 bits per heavy atom. The molecule has 1 radical (unpaired) electrons. The number of amidine groups is 1. The van der Waals surface area contributed by atoms with E-state index in [-0.39, 0.29) is 0 Å². The molecule has 0 amide bonds. The van der Waals surface area contributed by atoms with Gasteiger partial charge >= 0.3 is 0 Å². The van der Waals surface area contributed by atoms with Crippen molar-refractivity contribution in [1.82, 2.24) is 5.32 Å². The molecule has 0 bridgehead atoms. The van der Waals surface area contributed by atoms with Crippen molar-refractivity contribution in [2.45, 2.75) is 39.5 Å². The summed E-state index contributed by atoms with van der Waals surface area (Å²) in [6.45, 7) is 4.31. The number of aliphatic imine (C=N–C) groups is 1. The fourth-order valence-electron chi connectivity index (χ4n) is 1.09. The molecule has 0 N–H and O–H groups in total. The number of allylic oxidation sites excluding steroid dienone is 1. The van der Waals surface area contributed by atoms with Crippen molar-refractivity contribution in [3.8, 4) is 0 Å². The second-order valence-corrected chi connectivity index (χ2v) is 2.78. The lowest BCUT2D eigenvalue weighted by Gasteiger charge is -1.93.